The number of nitrogens with zero attached hydrogens (tertiary/aromatic N) is 3. The van der Waals surface area contributed by atoms with E-state index in [2.05, 4.69) is 10.3 Å². The van der Waals surface area contributed by atoms with Gasteiger partial charge in [-0.3, -0.25) is 14.2 Å². The Morgan fingerprint density at radius 3 is 2.64 bits per heavy atom. The zero-order valence-electron chi connectivity index (χ0n) is 16.2. The molecule has 1 fully saturated rings. The fourth-order valence-corrected chi connectivity index (χ4v) is 3.00. The highest BCUT2D eigenvalue weighted by molar-refractivity contribution is 5.92. The van der Waals surface area contributed by atoms with Crippen molar-refractivity contribution in [2.24, 2.45) is 0 Å². The fraction of sp³-hybridized carbons (Fsp3) is 0.421. The minimum atomic E-state index is -0.367. The van der Waals surface area contributed by atoms with Crippen molar-refractivity contribution in [3.05, 3.63) is 40.3 Å². The van der Waals surface area contributed by atoms with Gasteiger partial charge >= 0.3 is 0 Å². The summed E-state index contributed by atoms with van der Waals surface area (Å²) in [6, 6.07) is 6.52. The Bertz CT molecular complexity index is 906. The van der Waals surface area contributed by atoms with E-state index in [0.29, 0.717) is 55.1 Å². The monoisotopic (exact) mass is 388 g/mol. The standard InChI is InChI=1S/C19H24N4O5/c1-13-10-18(25)23(19(20-13)22-6-8-28-9-7-22)12-17(24)21-15-11-14(26-2)4-5-16(15)27-3/h4-5,10-11H,6-9,12H2,1-3H3,(H,21,24). The van der Waals surface area contributed by atoms with E-state index in [1.165, 1.54) is 17.7 Å². The highest BCUT2D eigenvalue weighted by Crippen LogP contribution is 2.28. The Kier molecular flexibility index (Phi) is 6.15. The predicted molar refractivity (Wildman–Crippen MR) is 104 cm³/mol. The summed E-state index contributed by atoms with van der Waals surface area (Å²) in [5.74, 6) is 1.19. The summed E-state index contributed by atoms with van der Waals surface area (Å²) in [6.45, 7) is 3.92. The number of benzene rings is 1. The molecule has 2 aromatic rings. The van der Waals surface area contributed by atoms with Crippen molar-refractivity contribution in [2.75, 3.05) is 50.7 Å². The van der Waals surface area contributed by atoms with Crippen LogP contribution in [0.25, 0.3) is 0 Å². The molecule has 150 valence electrons. The number of hydrogen-bond acceptors (Lipinski definition) is 7. The summed E-state index contributed by atoms with van der Waals surface area (Å²) < 4.78 is 17.2. The predicted octanol–water partition coefficient (Wildman–Crippen LogP) is 1.04. The van der Waals surface area contributed by atoms with E-state index in [-0.39, 0.29) is 18.0 Å². The molecule has 0 spiro atoms. The number of nitrogens with one attached hydrogen (secondary N) is 1. The van der Waals surface area contributed by atoms with Crippen molar-refractivity contribution in [1.82, 2.24) is 9.55 Å². The van der Waals surface area contributed by atoms with Gasteiger partial charge in [0.1, 0.15) is 18.0 Å². The number of hydrogen-bond donors (Lipinski definition) is 1. The second-order valence-corrected chi connectivity index (χ2v) is 6.34. The molecule has 0 aliphatic carbocycles. The summed E-state index contributed by atoms with van der Waals surface area (Å²) in [6.07, 6.45) is 0. The van der Waals surface area contributed by atoms with Crippen LogP contribution in [-0.4, -0.2) is 56.0 Å². The Labute approximate surface area is 162 Å². The highest BCUT2D eigenvalue weighted by atomic mass is 16.5. The second-order valence-electron chi connectivity index (χ2n) is 6.34. The number of morpholine rings is 1. The largest absolute Gasteiger partial charge is 0.497 e. The van der Waals surface area contributed by atoms with Gasteiger partial charge in [0.2, 0.25) is 11.9 Å². The fourth-order valence-electron chi connectivity index (χ4n) is 3.00. The van der Waals surface area contributed by atoms with Crippen LogP contribution in [0.4, 0.5) is 11.6 Å². The number of carbonyl (C=O) groups excluding carboxylic acids is 1. The number of rotatable bonds is 6. The van der Waals surface area contributed by atoms with Gasteiger partial charge in [-0.25, -0.2) is 4.98 Å². The Balaban J connectivity index is 1.85. The molecule has 1 saturated heterocycles. The summed E-state index contributed by atoms with van der Waals surface area (Å²) in [5, 5.41) is 2.78. The van der Waals surface area contributed by atoms with Crippen molar-refractivity contribution < 1.29 is 19.0 Å². The normalized spacial score (nSPS) is 13.9. The Morgan fingerprint density at radius 2 is 1.96 bits per heavy atom. The molecule has 3 rings (SSSR count). The maximum absolute atomic E-state index is 12.7. The number of aromatic nitrogens is 2. The van der Waals surface area contributed by atoms with Crippen LogP contribution in [0, 0.1) is 6.92 Å². The van der Waals surface area contributed by atoms with Crippen LogP contribution >= 0.6 is 0 Å². The average molecular weight is 388 g/mol. The molecular weight excluding hydrogens is 364 g/mol. The second kappa shape index (κ2) is 8.75. The smallest absolute Gasteiger partial charge is 0.255 e. The number of ether oxygens (including phenoxy) is 3. The quantitative estimate of drug-likeness (QED) is 0.790. The maximum atomic E-state index is 12.7. The molecule has 28 heavy (non-hydrogen) atoms. The molecule has 1 amide bonds. The van der Waals surface area contributed by atoms with Crippen LogP contribution in [0.1, 0.15) is 5.69 Å². The number of anilines is 2. The zero-order chi connectivity index (χ0) is 20.1. The van der Waals surface area contributed by atoms with Crippen molar-refractivity contribution in [3.8, 4) is 11.5 Å². The molecule has 0 saturated carbocycles. The number of carbonyl (C=O) groups is 1. The molecule has 0 unspecified atom stereocenters. The van der Waals surface area contributed by atoms with Gasteiger partial charge in [-0.1, -0.05) is 0 Å². The van der Waals surface area contributed by atoms with Crippen LogP contribution in [-0.2, 0) is 16.1 Å². The van der Waals surface area contributed by atoms with Gasteiger partial charge in [-0.15, -0.1) is 0 Å². The lowest BCUT2D eigenvalue weighted by Gasteiger charge is -2.29. The molecule has 2 heterocycles. The average Bonchev–Trinajstić information content (AvgIpc) is 2.70. The third kappa shape index (κ3) is 4.42. The van der Waals surface area contributed by atoms with E-state index in [0.717, 1.165) is 0 Å². The topological polar surface area (TPSA) is 94.9 Å². The van der Waals surface area contributed by atoms with Crippen molar-refractivity contribution in [1.29, 1.82) is 0 Å². The lowest BCUT2D eigenvalue weighted by Crippen LogP contribution is -2.41. The van der Waals surface area contributed by atoms with Crippen LogP contribution in [0.2, 0.25) is 0 Å². The first-order chi connectivity index (χ1) is 13.5. The van der Waals surface area contributed by atoms with Crippen LogP contribution in [0.5, 0.6) is 11.5 Å². The third-order valence-corrected chi connectivity index (χ3v) is 4.39. The molecule has 9 nitrogen and oxygen atoms in total. The van der Waals surface area contributed by atoms with E-state index in [1.54, 1.807) is 32.2 Å². The highest BCUT2D eigenvalue weighted by Gasteiger charge is 2.20. The zero-order valence-corrected chi connectivity index (χ0v) is 16.2. The molecule has 0 bridgehead atoms. The van der Waals surface area contributed by atoms with E-state index in [1.807, 2.05) is 4.90 Å². The molecule has 1 aromatic heterocycles. The van der Waals surface area contributed by atoms with E-state index >= 15 is 0 Å². The van der Waals surface area contributed by atoms with Crippen molar-refractivity contribution in [3.63, 3.8) is 0 Å². The van der Waals surface area contributed by atoms with Gasteiger partial charge in [-0.05, 0) is 19.1 Å². The van der Waals surface area contributed by atoms with Crippen LogP contribution in [0.15, 0.2) is 29.1 Å². The molecule has 0 radical (unpaired) electrons. The van der Waals surface area contributed by atoms with Gasteiger partial charge in [0.15, 0.2) is 0 Å². The number of amides is 1. The molecular formula is C19H24N4O5. The van der Waals surface area contributed by atoms with Gasteiger partial charge in [0, 0.05) is 30.9 Å². The van der Waals surface area contributed by atoms with Crippen LogP contribution < -0.4 is 25.2 Å². The molecule has 1 aliphatic heterocycles. The minimum absolute atomic E-state index is 0.167. The lowest BCUT2D eigenvalue weighted by molar-refractivity contribution is -0.116. The number of aryl methyl sites for hydroxylation is 1. The summed E-state index contributed by atoms with van der Waals surface area (Å²) in [7, 11) is 3.06. The maximum Gasteiger partial charge on any atom is 0.255 e. The van der Waals surface area contributed by atoms with Gasteiger partial charge in [0.05, 0.1) is 33.1 Å². The molecule has 1 N–H and O–H groups in total. The first kappa shape index (κ1) is 19.7. The van der Waals surface area contributed by atoms with E-state index in [9.17, 15) is 9.59 Å². The Morgan fingerprint density at radius 1 is 1.21 bits per heavy atom. The van der Waals surface area contributed by atoms with Crippen molar-refractivity contribution >= 4 is 17.5 Å². The first-order valence-corrected chi connectivity index (χ1v) is 8.95. The lowest BCUT2D eigenvalue weighted by atomic mass is 10.2. The summed E-state index contributed by atoms with van der Waals surface area (Å²) in [4.78, 5) is 31.7. The van der Waals surface area contributed by atoms with E-state index < -0.39 is 0 Å². The Hall–Kier alpha value is -3.07. The van der Waals surface area contributed by atoms with Crippen LogP contribution in [0.3, 0.4) is 0 Å². The molecule has 9 heteroatoms. The summed E-state index contributed by atoms with van der Waals surface area (Å²) in [5.41, 5.74) is 0.798. The van der Waals surface area contributed by atoms with E-state index in [4.69, 9.17) is 14.2 Å². The summed E-state index contributed by atoms with van der Waals surface area (Å²) >= 11 is 0. The van der Waals surface area contributed by atoms with Crippen molar-refractivity contribution in [2.45, 2.75) is 13.5 Å². The molecule has 1 aromatic carbocycles. The van der Waals surface area contributed by atoms with Gasteiger partial charge in [-0.2, -0.15) is 0 Å². The number of methoxy groups -OCH3 is 2. The SMILES string of the molecule is COc1ccc(OC)c(NC(=O)Cn2c(N3CCOCC3)nc(C)cc2=O)c1. The van der Waals surface area contributed by atoms with Gasteiger partial charge in [0.25, 0.3) is 5.56 Å². The minimum Gasteiger partial charge on any atom is -0.497 e. The first-order valence-electron chi connectivity index (χ1n) is 8.95. The third-order valence-electron chi connectivity index (χ3n) is 4.39. The molecule has 1 aliphatic rings. The van der Waals surface area contributed by atoms with Gasteiger partial charge < -0.3 is 24.4 Å². The molecule has 0 atom stereocenters.